The molecule has 0 spiro atoms. The first-order chi connectivity index (χ1) is 17.2. The van der Waals surface area contributed by atoms with Crippen LogP contribution in [0.25, 0.3) is 22.7 Å². The van der Waals surface area contributed by atoms with Gasteiger partial charge in [-0.3, -0.25) is 0 Å². The second-order valence-electron chi connectivity index (χ2n) is 8.91. The Hall–Kier alpha value is -4.26. The number of ether oxygens (including phenoxy) is 1. The van der Waals surface area contributed by atoms with Gasteiger partial charge in [0.1, 0.15) is 18.2 Å². The van der Waals surface area contributed by atoms with Gasteiger partial charge in [0, 0.05) is 18.5 Å². The van der Waals surface area contributed by atoms with E-state index in [0.29, 0.717) is 12.4 Å². The number of nitrogens with zero attached hydrogens (tertiary/aromatic N) is 5. The molecule has 174 valence electrons. The van der Waals surface area contributed by atoms with Gasteiger partial charge in [0.05, 0.1) is 11.0 Å². The molecule has 3 aromatic carbocycles. The van der Waals surface area contributed by atoms with Crippen molar-refractivity contribution in [2.75, 3.05) is 0 Å². The summed E-state index contributed by atoms with van der Waals surface area (Å²) in [5.41, 5.74) is 8.92. The highest BCUT2D eigenvalue weighted by molar-refractivity contribution is 5.93. The Morgan fingerprint density at radius 2 is 1.97 bits per heavy atom. The van der Waals surface area contributed by atoms with Crippen LogP contribution >= 0.6 is 0 Å². The number of fused-ring (bicyclic) bond motifs is 3. The molecule has 1 N–H and O–H groups in total. The third-order valence-corrected chi connectivity index (χ3v) is 6.54. The predicted octanol–water partition coefficient (Wildman–Crippen LogP) is 5.34. The summed E-state index contributed by atoms with van der Waals surface area (Å²) in [5.74, 6) is 2.51. The maximum Gasteiger partial charge on any atom is 0.198 e. The minimum Gasteiger partial charge on any atom is -0.488 e. The van der Waals surface area contributed by atoms with Gasteiger partial charge in [-0.2, -0.15) is 5.21 Å². The molecule has 2 aromatic heterocycles. The Labute approximate surface area is 203 Å². The fraction of sp³-hybridized carbons (Fsp3) is 0.214. The van der Waals surface area contributed by atoms with Crippen molar-refractivity contribution < 1.29 is 4.74 Å². The highest BCUT2D eigenvalue weighted by atomic mass is 16.5. The average molecular weight is 463 g/mol. The van der Waals surface area contributed by atoms with Crippen molar-refractivity contribution in [1.82, 2.24) is 30.2 Å². The van der Waals surface area contributed by atoms with Crippen LogP contribution in [0.1, 0.15) is 52.8 Å². The van der Waals surface area contributed by atoms with Crippen LogP contribution in [-0.4, -0.2) is 30.2 Å². The molecule has 0 atom stereocenters. The second kappa shape index (κ2) is 8.83. The number of rotatable bonds is 5. The lowest BCUT2D eigenvalue weighted by Gasteiger charge is -2.14. The maximum atomic E-state index is 6.34. The molecule has 1 aliphatic heterocycles. The standard InChI is InChI=1S/C28H26N6O/c1-3-7-27-29-28-18(2)8-6-11-24(28)34(27)16-19-12-13-22-23(15-26-30-32-33-31-26)21-10-5-4-9-20(21)17-35-25(22)14-19/h4-6,8-15H,3,7,16-17H2,1-2H3,(H,30,31,32,33). The molecule has 0 amide bonds. The van der Waals surface area contributed by atoms with Crippen molar-refractivity contribution in [2.24, 2.45) is 0 Å². The van der Waals surface area contributed by atoms with Gasteiger partial charge in [-0.25, -0.2) is 4.98 Å². The van der Waals surface area contributed by atoms with Gasteiger partial charge in [0.15, 0.2) is 5.82 Å². The van der Waals surface area contributed by atoms with E-state index in [1.165, 1.54) is 16.6 Å². The van der Waals surface area contributed by atoms with Crippen LogP contribution in [0.15, 0.2) is 60.7 Å². The van der Waals surface area contributed by atoms with E-state index < -0.39 is 0 Å². The van der Waals surface area contributed by atoms with Gasteiger partial charge in [-0.05, 0) is 64.6 Å². The Balaban J connectivity index is 1.44. The van der Waals surface area contributed by atoms with Gasteiger partial charge in [-0.1, -0.05) is 55.5 Å². The van der Waals surface area contributed by atoms with E-state index in [1.807, 2.05) is 18.2 Å². The van der Waals surface area contributed by atoms with E-state index in [0.717, 1.165) is 58.7 Å². The number of benzene rings is 3. The molecule has 0 aliphatic carbocycles. The van der Waals surface area contributed by atoms with Gasteiger partial charge >= 0.3 is 0 Å². The van der Waals surface area contributed by atoms with E-state index in [4.69, 9.17) is 9.72 Å². The zero-order valence-corrected chi connectivity index (χ0v) is 19.8. The first-order valence-electron chi connectivity index (χ1n) is 12.0. The number of H-pyrrole nitrogens is 1. The van der Waals surface area contributed by atoms with Crippen LogP contribution in [0.3, 0.4) is 0 Å². The number of hydrogen-bond donors (Lipinski definition) is 1. The minimum atomic E-state index is 0.504. The highest BCUT2D eigenvalue weighted by Crippen LogP contribution is 2.38. The molecule has 7 nitrogen and oxygen atoms in total. The van der Waals surface area contributed by atoms with Crippen molar-refractivity contribution in [1.29, 1.82) is 0 Å². The average Bonchev–Trinajstić information content (AvgIpc) is 3.48. The highest BCUT2D eigenvalue weighted by Gasteiger charge is 2.21. The molecule has 0 saturated carbocycles. The molecule has 0 saturated heterocycles. The summed E-state index contributed by atoms with van der Waals surface area (Å²) in [6, 6.07) is 21.2. The number of nitrogens with one attached hydrogen (secondary N) is 1. The Bertz CT molecular complexity index is 1550. The minimum absolute atomic E-state index is 0.504. The van der Waals surface area contributed by atoms with Gasteiger partial charge in [0.2, 0.25) is 0 Å². The molecule has 0 bridgehead atoms. The normalized spacial score (nSPS) is 13.9. The fourth-order valence-corrected chi connectivity index (χ4v) is 4.84. The summed E-state index contributed by atoms with van der Waals surface area (Å²) >= 11 is 0. The third kappa shape index (κ3) is 3.89. The van der Waals surface area contributed by atoms with Crippen molar-refractivity contribution in [3.05, 3.63) is 100 Å². The molecule has 5 aromatic rings. The molecule has 0 unspecified atom stereocenters. The van der Waals surface area contributed by atoms with E-state index in [2.05, 4.69) is 87.6 Å². The van der Waals surface area contributed by atoms with Crippen LogP contribution in [0.2, 0.25) is 0 Å². The molecule has 3 heterocycles. The lowest BCUT2D eigenvalue weighted by Crippen LogP contribution is -2.06. The van der Waals surface area contributed by atoms with Crippen LogP contribution < -0.4 is 4.74 Å². The summed E-state index contributed by atoms with van der Waals surface area (Å²) in [6.45, 7) is 5.57. The number of aromatic nitrogens is 6. The predicted molar refractivity (Wildman–Crippen MR) is 136 cm³/mol. The zero-order valence-electron chi connectivity index (χ0n) is 19.8. The van der Waals surface area contributed by atoms with Gasteiger partial charge in [0.25, 0.3) is 0 Å². The molecule has 6 rings (SSSR count). The largest absolute Gasteiger partial charge is 0.488 e. The van der Waals surface area contributed by atoms with Crippen molar-refractivity contribution >= 4 is 22.7 Å². The molecule has 0 radical (unpaired) electrons. The Morgan fingerprint density at radius 3 is 2.83 bits per heavy atom. The molecule has 7 heteroatoms. The maximum absolute atomic E-state index is 6.34. The van der Waals surface area contributed by atoms with Crippen LogP contribution in [0, 0.1) is 6.92 Å². The summed E-state index contributed by atoms with van der Waals surface area (Å²) in [5, 5.41) is 14.5. The van der Waals surface area contributed by atoms with Crippen LogP contribution in [-0.2, 0) is 19.6 Å². The van der Waals surface area contributed by atoms with E-state index in [1.54, 1.807) is 0 Å². The second-order valence-corrected chi connectivity index (χ2v) is 8.91. The summed E-state index contributed by atoms with van der Waals surface area (Å²) < 4.78 is 8.68. The number of imidazole rings is 1. The van der Waals surface area contributed by atoms with Crippen LogP contribution in [0.5, 0.6) is 5.75 Å². The molecular weight excluding hydrogens is 436 g/mol. The van der Waals surface area contributed by atoms with Crippen molar-refractivity contribution in [3.63, 3.8) is 0 Å². The fourth-order valence-electron chi connectivity index (χ4n) is 4.84. The third-order valence-electron chi connectivity index (χ3n) is 6.54. The van der Waals surface area contributed by atoms with Crippen LogP contribution in [0.4, 0.5) is 0 Å². The Kier molecular flexibility index (Phi) is 5.37. The monoisotopic (exact) mass is 462 g/mol. The Morgan fingerprint density at radius 1 is 1.06 bits per heavy atom. The lowest BCUT2D eigenvalue weighted by molar-refractivity contribution is 0.307. The van der Waals surface area contributed by atoms with E-state index in [-0.39, 0.29) is 0 Å². The summed E-state index contributed by atoms with van der Waals surface area (Å²) in [6.07, 6.45) is 3.96. The molecule has 0 fully saturated rings. The smallest absolute Gasteiger partial charge is 0.198 e. The van der Waals surface area contributed by atoms with Crippen molar-refractivity contribution in [3.8, 4) is 5.75 Å². The van der Waals surface area contributed by atoms with E-state index in [9.17, 15) is 0 Å². The summed E-state index contributed by atoms with van der Waals surface area (Å²) in [7, 11) is 0. The van der Waals surface area contributed by atoms with Crippen molar-refractivity contribution in [2.45, 2.75) is 39.8 Å². The van der Waals surface area contributed by atoms with Gasteiger partial charge < -0.3 is 9.30 Å². The SMILES string of the molecule is CCCc1nc2c(C)cccc2n1Cc1ccc2c(c1)OCc1ccccc1C2=Cc1nn[nH]n1. The molecule has 35 heavy (non-hydrogen) atoms. The number of tetrazole rings is 1. The topological polar surface area (TPSA) is 81.5 Å². The first-order valence-corrected chi connectivity index (χ1v) is 12.0. The molecule has 1 aliphatic rings. The molecular formula is C28H26N6O. The number of aromatic amines is 1. The van der Waals surface area contributed by atoms with E-state index >= 15 is 0 Å². The van der Waals surface area contributed by atoms with Gasteiger partial charge in [-0.15, -0.1) is 10.2 Å². The quantitative estimate of drug-likeness (QED) is 0.381. The lowest BCUT2D eigenvalue weighted by atomic mass is 9.93. The number of aryl methyl sites for hydroxylation is 2. The number of hydrogen-bond acceptors (Lipinski definition) is 5. The number of para-hydroxylation sites is 1. The summed E-state index contributed by atoms with van der Waals surface area (Å²) in [4.78, 5) is 4.98. The zero-order chi connectivity index (χ0) is 23.8. The first kappa shape index (κ1) is 21.3.